The van der Waals surface area contributed by atoms with Crippen molar-refractivity contribution in [3.63, 3.8) is 0 Å². The SMILES string of the molecule is CC1(C)CCC(CSc2nc(N)cc(=O)[nH]2)O1. The van der Waals surface area contributed by atoms with E-state index in [4.69, 9.17) is 10.5 Å². The van der Waals surface area contributed by atoms with E-state index < -0.39 is 0 Å². The highest BCUT2D eigenvalue weighted by atomic mass is 32.2. The molecule has 2 rings (SSSR count). The first-order valence-electron chi connectivity index (χ1n) is 5.62. The molecule has 1 aliphatic rings. The van der Waals surface area contributed by atoms with Gasteiger partial charge in [-0.15, -0.1) is 0 Å². The molecule has 3 N–H and O–H groups in total. The lowest BCUT2D eigenvalue weighted by Gasteiger charge is -2.18. The van der Waals surface area contributed by atoms with Crippen LogP contribution in [-0.2, 0) is 4.74 Å². The van der Waals surface area contributed by atoms with Crippen LogP contribution in [0.2, 0.25) is 0 Å². The minimum absolute atomic E-state index is 0.0260. The molecule has 0 spiro atoms. The molecular weight excluding hydrogens is 238 g/mol. The maximum atomic E-state index is 11.2. The molecule has 0 amide bonds. The van der Waals surface area contributed by atoms with E-state index in [2.05, 4.69) is 23.8 Å². The maximum Gasteiger partial charge on any atom is 0.253 e. The van der Waals surface area contributed by atoms with Crippen molar-refractivity contribution in [2.75, 3.05) is 11.5 Å². The monoisotopic (exact) mass is 255 g/mol. The Kier molecular flexibility index (Phi) is 3.44. The highest BCUT2D eigenvalue weighted by Crippen LogP contribution is 2.31. The van der Waals surface area contributed by atoms with Crippen LogP contribution >= 0.6 is 11.8 Å². The molecule has 94 valence electrons. The van der Waals surface area contributed by atoms with Gasteiger partial charge in [0.2, 0.25) is 0 Å². The van der Waals surface area contributed by atoms with Crippen LogP contribution in [0.25, 0.3) is 0 Å². The first-order valence-corrected chi connectivity index (χ1v) is 6.61. The zero-order valence-corrected chi connectivity index (χ0v) is 10.8. The standard InChI is InChI=1S/C11H17N3O2S/c1-11(2)4-3-7(16-11)6-17-10-13-8(12)5-9(15)14-10/h5,7H,3-4,6H2,1-2H3,(H3,12,13,14,15). The van der Waals surface area contributed by atoms with Crippen LogP contribution in [0.4, 0.5) is 5.82 Å². The number of thioether (sulfide) groups is 1. The fourth-order valence-corrected chi connectivity index (χ4v) is 2.81. The predicted molar refractivity (Wildman–Crippen MR) is 68.2 cm³/mol. The van der Waals surface area contributed by atoms with Crippen LogP contribution in [0, 0.1) is 0 Å². The number of ether oxygens (including phenoxy) is 1. The van der Waals surface area contributed by atoms with E-state index in [1.165, 1.54) is 17.8 Å². The van der Waals surface area contributed by atoms with Crippen LogP contribution in [0.5, 0.6) is 0 Å². The lowest BCUT2D eigenvalue weighted by Crippen LogP contribution is -2.21. The van der Waals surface area contributed by atoms with Crippen molar-refractivity contribution in [2.24, 2.45) is 0 Å². The van der Waals surface area contributed by atoms with E-state index >= 15 is 0 Å². The lowest BCUT2D eigenvalue weighted by atomic mass is 10.1. The van der Waals surface area contributed by atoms with E-state index in [0.717, 1.165) is 18.6 Å². The number of aromatic amines is 1. The zero-order chi connectivity index (χ0) is 12.5. The highest BCUT2D eigenvalue weighted by Gasteiger charge is 2.31. The molecule has 1 aromatic rings. The van der Waals surface area contributed by atoms with Crippen molar-refractivity contribution < 1.29 is 4.74 Å². The Morgan fingerprint density at radius 2 is 2.47 bits per heavy atom. The van der Waals surface area contributed by atoms with Crippen molar-refractivity contribution in [3.05, 3.63) is 16.4 Å². The van der Waals surface area contributed by atoms with Gasteiger partial charge in [0, 0.05) is 11.8 Å². The topological polar surface area (TPSA) is 81.0 Å². The summed E-state index contributed by atoms with van der Waals surface area (Å²) in [5, 5.41) is 0.559. The van der Waals surface area contributed by atoms with Crippen molar-refractivity contribution in [2.45, 2.75) is 43.6 Å². The Bertz CT molecular complexity index is 458. The average molecular weight is 255 g/mol. The Morgan fingerprint density at radius 3 is 3.06 bits per heavy atom. The first kappa shape index (κ1) is 12.4. The summed E-state index contributed by atoms with van der Waals surface area (Å²) in [5.41, 5.74) is 5.27. The Morgan fingerprint density at radius 1 is 1.71 bits per heavy atom. The number of rotatable bonds is 3. The largest absolute Gasteiger partial charge is 0.383 e. The number of nitrogen functional groups attached to an aromatic ring is 1. The molecular formula is C11H17N3O2S. The lowest BCUT2D eigenvalue weighted by molar-refractivity contribution is -0.00468. The Labute approximate surface area is 104 Å². The van der Waals surface area contributed by atoms with Gasteiger partial charge in [-0.05, 0) is 26.7 Å². The van der Waals surface area contributed by atoms with Gasteiger partial charge >= 0.3 is 0 Å². The van der Waals surface area contributed by atoms with Crippen molar-refractivity contribution >= 4 is 17.6 Å². The fraction of sp³-hybridized carbons (Fsp3) is 0.636. The molecule has 1 unspecified atom stereocenters. The third kappa shape index (κ3) is 3.47. The van der Waals surface area contributed by atoms with Crippen LogP contribution in [-0.4, -0.2) is 27.4 Å². The van der Waals surface area contributed by atoms with Gasteiger partial charge in [-0.3, -0.25) is 4.79 Å². The minimum Gasteiger partial charge on any atom is -0.383 e. The molecule has 5 nitrogen and oxygen atoms in total. The van der Waals surface area contributed by atoms with E-state index in [9.17, 15) is 4.79 Å². The summed E-state index contributed by atoms with van der Waals surface area (Å²) < 4.78 is 5.86. The number of aromatic nitrogens is 2. The molecule has 2 heterocycles. The summed E-state index contributed by atoms with van der Waals surface area (Å²) in [7, 11) is 0. The van der Waals surface area contributed by atoms with Gasteiger partial charge < -0.3 is 15.5 Å². The molecule has 1 aliphatic heterocycles. The number of nitrogens with one attached hydrogen (secondary N) is 1. The molecule has 1 fully saturated rings. The van der Waals surface area contributed by atoms with Gasteiger partial charge in [0.05, 0.1) is 11.7 Å². The number of hydrogen-bond acceptors (Lipinski definition) is 5. The third-order valence-corrected chi connectivity index (χ3v) is 3.71. The molecule has 0 radical (unpaired) electrons. The molecule has 0 saturated carbocycles. The number of H-pyrrole nitrogens is 1. The van der Waals surface area contributed by atoms with Crippen molar-refractivity contribution in [1.82, 2.24) is 9.97 Å². The summed E-state index contributed by atoms with van der Waals surface area (Å²) in [6, 6.07) is 1.28. The molecule has 0 aliphatic carbocycles. The number of anilines is 1. The average Bonchev–Trinajstić information content (AvgIpc) is 2.54. The number of nitrogens with zero attached hydrogens (tertiary/aromatic N) is 1. The van der Waals surface area contributed by atoms with Gasteiger partial charge in [0.1, 0.15) is 5.82 Å². The zero-order valence-electron chi connectivity index (χ0n) is 10.0. The van der Waals surface area contributed by atoms with Crippen LogP contribution in [0.1, 0.15) is 26.7 Å². The van der Waals surface area contributed by atoms with Crippen LogP contribution in [0.15, 0.2) is 16.0 Å². The number of hydrogen-bond donors (Lipinski definition) is 2. The van der Waals surface area contributed by atoms with Crippen molar-refractivity contribution in [1.29, 1.82) is 0 Å². The molecule has 0 aromatic carbocycles. The number of nitrogens with two attached hydrogens (primary N) is 1. The molecule has 0 bridgehead atoms. The maximum absolute atomic E-state index is 11.2. The Balaban J connectivity index is 1.92. The summed E-state index contributed by atoms with van der Waals surface area (Å²) in [6.45, 7) is 4.19. The third-order valence-electron chi connectivity index (χ3n) is 2.70. The second-order valence-corrected chi connectivity index (χ2v) is 5.83. The molecule has 17 heavy (non-hydrogen) atoms. The van der Waals surface area contributed by atoms with Gasteiger partial charge in [-0.2, -0.15) is 0 Å². The molecule has 1 saturated heterocycles. The van der Waals surface area contributed by atoms with Gasteiger partial charge in [-0.25, -0.2) is 4.98 Å². The molecule has 1 atom stereocenters. The fourth-order valence-electron chi connectivity index (χ4n) is 1.89. The summed E-state index contributed by atoms with van der Waals surface area (Å²) >= 11 is 1.48. The summed E-state index contributed by atoms with van der Waals surface area (Å²) in [6.07, 6.45) is 2.34. The van der Waals surface area contributed by atoms with E-state index in [0.29, 0.717) is 5.16 Å². The molecule has 1 aromatic heterocycles. The Hall–Kier alpha value is -1.01. The normalized spacial score (nSPS) is 22.8. The van der Waals surface area contributed by atoms with Gasteiger partial charge in [0.25, 0.3) is 5.56 Å². The smallest absolute Gasteiger partial charge is 0.253 e. The predicted octanol–water partition coefficient (Wildman–Crippen LogP) is 1.40. The van der Waals surface area contributed by atoms with Crippen LogP contribution in [0.3, 0.4) is 0 Å². The van der Waals surface area contributed by atoms with E-state index in [1.54, 1.807) is 0 Å². The van der Waals surface area contributed by atoms with Gasteiger partial charge in [-0.1, -0.05) is 11.8 Å². The highest BCUT2D eigenvalue weighted by molar-refractivity contribution is 7.99. The minimum atomic E-state index is -0.215. The van der Waals surface area contributed by atoms with Gasteiger partial charge in [0.15, 0.2) is 5.16 Å². The van der Waals surface area contributed by atoms with E-state index in [-0.39, 0.29) is 23.1 Å². The van der Waals surface area contributed by atoms with Crippen LogP contribution < -0.4 is 11.3 Å². The quantitative estimate of drug-likeness (QED) is 0.630. The second kappa shape index (κ2) is 4.70. The first-order chi connectivity index (χ1) is 7.94. The molecule has 6 heteroatoms. The van der Waals surface area contributed by atoms with E-state index in [1.807, 2.05) is 0 Å². The summed E-state index contributed by atoms with van der Waals surface area (Å²) in [4.78, 5) is 17.9. The van der Waals surface area contributed by atoms with Crippen molar-refractivity contribution in [3.8, 4) is 0 Å². The summed E-state index contributed by atoms with van der Waals surface area (Å²) in [5.74, 6) is 1.04. The second-order valence-electron chi connectivity index (χ2n) is 4.82.